The van der Waals surface area contributed by atoms with Gasteiger partial charge in [-0.15, -0.1) is 0 Å². The molecule has 0 amide bonds. The number of carbonyl (C=O) groups is 1. The molecule has 0 saturated heterocycles. The summed E-state index contributed by atoms with van der Waals surface area (Å²) in [6, 6.07) is 13.2. The summed E-state index contributed by atoms with van der Waals surface area (Å²) in [5.74, 6) is -0.106. The molecule has 24 heavy (non-hydrogen) atoms. The number of hydrogen-bond donors (Lipinski definition) is 1. The number of hydrogen-bond acceptors (Lipinski definition) is 4. The Balaban J connectivity index is 1.99. The van der Waals surface area contributed by atoms with Gasteiger partial charge in [0, 0.05) is 11.4 Å². The Morgan fingerprint density at radius 1 is 1.21 bits per heavy atom. The molecular weight excluding hydrogens is 369 g/mol. The molecule has 1 N–H and O–H groups in total. The summed E-state index contributed by atoms with van der Waals surface area (Å²) in [5.41, 5.74) is 0. The first kappa shape index (κ1) is 18.9. The minimum atomic E-state index is -0.854. The van der Waals surface area contributed by atoms with Crippen LogP contribution in [0.15, 0.2) is 52.3 Å². The predicted octanol–water partition coefficient (Wildman–Crippen LogP) is 4.54. The lowest BCUT2D eigenvalue weighted by molar-refractivity contribution is -0.138. The van der Waals surface area contributed by atoms with E-state index in [-0.39, 0.29) is 6.54 Å². The monoisotopic (exact) mass is 385 g/mol. The van der Waals surface area contributed by atoms with E-state index in [9.17, 15) is 4.79 Å². The molecule has 0 aliphatic carbocycles. The Labute approximate surface area is 155 Å². The van der Waals surface area contributed by atoms with E-state index in [1.165, 1.54) is 11.8 Å². The lowest BCUT2D eigenvalue weighted by atomic mass is 10.3. The van der Waals surface area contributed by atoms with Crippen molar-refractivity contribution in [3.63, 3.8) is 0 Å². The average Bonchev–Trinajstić information content (AvgIpc) is 2.52. The molecule has 0 saturated carbocycles. The van der Waals surface area contributed by atoms with Crippen LogP contribution in [-0.4, -0.2) is 42.7 Å². The Hall–Kier alpha value is -1.40. The number of rotatable bonds is 8. The number of para-hydroxylation sites is 1. The van der Waals surface area contributed by atoms with E-state index in [2.05, 4.69) is 0 Å². The quantitative estimate of drug-likeness (QED) is 0.722. The number of carboxylic acid groups (broad SMARTS) is 1. The number of benzene rings is 2. The van der Waals surface area contributed by atoms with Crippen LogP contribution in [0.25, 0.3) is 0 Å². The highest BCUT2D eigenvalue weighted by Crippen LogP contribution is 2.37. The van der Waals surface area contributed by atoms with Gasteiger partial charge < -0.3 is 9.84 Å². The Morgan fingerprint density at radius 3 is 2.67 bits per heavy atom. The first-order chi connectivity index (χ1) is 11.5. The van der Waals surface area contributed by atoms with Crippen molar-refractivity contribution in [2.24, 2.45) is 0 Å². The molecule has 0 fully saturated rings. The van der Waals surface area contributed by atoms with Crippen LogP contribution >= 0.6 is 35.0 Å². The van der Waals surface area contributed by atoms with Crippen molar-refractivity contribution in [2.45, 2.75) is 9.79 Å². The van der Waals surface area contributed by atoms with Gasteiger partial charge in [-0.25, -0.2) is 0 Å². The van der Waals surface area contributed by atoms with E-state index in [0.29, 0.717) is 23.2 Å². The highest BCUT2D eigenvalue weighted by molar-refractivity contribution is 7.99. The normalized spacial score (nSPS) is 10.8. The number of aliphatic carboxylic acids is 1. The summed E-state index contributed by atoms with van der Waals surface area (Å²) in [6.07, 6.45) is 0. The second-order valence-corrected chi connectivity index (χ2v) is 7.03. The molecule has 0 radical (unpaired) electrons. The van der Waals surface area contributed by atoms with Crippen LogP contribution in [0, 0.1) is 0 Å². The van der Waals surface area contributed by atoms with Crippen LogP contribution < -0.4 is 4.74 Å². The number of carboxylic acids is 1. The summed E-state index contributed by atoms with van der Waals surface area (Å²) < 4.78 is 5.80. The minimum absolute atomic E-state index is 0.0109. The van der Waals surface area contributed by atoms with E-state index in [0.717, 1.165) is 15.5 Å². The molecule has 2 rings (SSSR count). The summed E-state index contributed by atoms with van der Waals surface area (Å²) >= 11 is 13.5. The van der Waals surface area contributed by atoms with Crippen molar-refractivity contribution in [1.29, 1.82) is 0 Å². The molecule has 0 aliphatic heterocycles. The van der Waals surface area contributed by atoms with Gasteiger partial charge in [0.2, 0.25) is 0 Å². The van der Waals surface area contributed by atoms with E-state index < -0.39 is 5.97 Å². The van der Waals surface area contributed by atoms with Crippen LogP contribution in [0.4, 0.5) is 0 Å². The molecule has 0 unspecified atom stereocenters. The molecule has 4 nitrogen and oxygen atoms in total. The Bertz CT molecular complexity index is 712. The van der Waals surface area contributed by atoms with Gasteiger partial charge in [0.25, 0.3) is 0 Å². The SMILES string of the molecule is CN(CCOc1ccccc1Sc1ccc(Cl)c(Cl)c1)CC(=O)O. The van der Waals surface area contributed by atoms with Gasteiger partial charge in [0.05, 0.1) is 21.5 Å². The van der Waals surface area contributed by atoms with Crippen LogP contribution in [0.5, 0.6) is 5.75 Å². The van der Waals surface area contributed by atoms with Crippen molar-refractivity contribution in [3.8, 4) is 5.75 Å². The summed E-state index contributed by atoms with van der Waals surface area (Å²) in [6.45, 7) is 0.920. The first-order valence-corrected chi connectivity index (χ1v) is 8.78. The molecule has 0 heterocycles. The van der Waals surface area contributed by atoms with Gasteiger partial charge >= 0.3 is 5.97 Å². The fourth-order valence-electron chi connectivity index (χ4n) is 1.94. The summed E-state index contributed by atoms with van der Waals surface area (Å²) in [4.78, 5) is 14.3. The highest BCUT2D eigenvalue weighted by Gasteiger charge is 2.08. The van der Waals surface area contributed by atoms with Crippen molar-refractivity contribution in [2.75, 3.05) is 26.7 Å². The van der Waals surface area contributed by atoms with E-state index in [1.807, 2.05) is 36.4 Å². The molecule has 2 aromatic rings. The lowest BCUT2D eigenvalue weighted by Gasteiger charge is -2.16. The zero-order chi connectivity index (χ0) is 17.5. The van der Waals surface area contributed by atoms with Crippen LogP contribution in [0.1, 0.15) is 0 Å². The molecule has 0 atom stereocenters. The molecule has 0 spiro atoms. The van der Waals surface area contributed by atoms with E-state index in [1.54, 1.807) is 18.0 Å². The molecule has 128 valence electrons. The minimum Gasteiger partial charge on any atom is -0.491 e. The van der Waals surface area contributed by atoms with Crippen molar-refractivity contribution in [3.05, 3.63) is 52.5 Å². The van der Waals surface area contributed by atoms with Gasteiger partial charge in [0.1, 0.15) is 12.4 Å². The van der Waals surface area contributed by atoms with Crippen molar-refractivity contribution >= 4 is 40.9 Å². The van der Waals surface area contributed by atoms with Crippen LogP contribution in [0.2, 0.25) is 10.0 Å². The third kappa shape index (κ3) is 5.91. The molecular formula is C17H17Cl2NO3S. The molecule has 2 aromatic carbocycles. The predicted molar refractivity (Wildman–Crippen MR) is 97.7 cm³/mol. The highest BCUT2D eigenvalue weighted by atomic mass is 35.5. The lowest BCUT2D eigenvalue weighted by Crippen LogP contribution is -2.29. The molecule has 0 aliphatic rings. The second-order valence-electron chi connectivity index (χ2n) is 5.10. The fraction of sp³-hybridized carbons (Fsp3) is 0.235. The Morgan fingerprint density at radius 2 is 1.96 bits per heavy atom. The number of likely N-dealkylation sites (N-methyl/N-ethyl adjacent to an activating group) is 1. The zero-order valence-electron chi connectivity index (χ0n) is 13.0. The topological polar surface area (TPSA) is 49.8 Å². The molecule has 0 aromatic heterocycles. The standard InChI is InChI=1S/C17H17Cl2NO3S/c1-20(11-17(21)22)8-9-23-15-4-2-3-5-16(15)24-12-6-7-13(18)14(19)10-12/h2-7,10H,8-9,11H2,1H3,(H,21,22). The summed E-state index contributed by atoms with van der Waals surface area (Å²) in [5, 5.41) is 9.77. The zero-order valence-corrected chi connectivity index (χ0v) is 15.4. The van der Waals surface area contributed by atoms with Gasteiger partial charge in [0.15, 0.2) is 0 Å². The third-order valence-corrected chi connectivity index (χ3v) is 4.89. The summed E-state index contributed by atoms with van der Waals surface area (Å²) in [7, 11) is 1.74. The maximum Gasteiger partial charge on any atom is 0.317 e. The maximum atomic E-state index is 10.6. The maximum absolute atomic E-state index is 10.6. The second kappa shape index (κ2) is 9.18. The van der Waals surface area contributed by atoms with Crippen molar-refractivity contribution in [1.82, 2.24) is 4.90 Å². The smallest absolute Gasteiger partial charge is 0.317 e. The number of halogens is 2. The van der Waals surface area contributed by atoms with Crippen LogP contribution in [0.3, 0.4) is 0 Å². The van der Waals surface area contributed by atoms with E-state index in [4.69, 9.17) is 33.0 Å². The molecule has 0 bridgehead atoms. The largest absolute Gasteiger partial charge is 0.491 e. The molecule has 7 heteroatoms. The van der Waals surface area contributed by atoms with Gasteiger partial charge in [-0.1, -0.05) is 47.1 Å². The number of nitrogens with zero attached hydrogens (tertiary/aromatic N) is 1. The average molecular weight is 386 g/mol. The number of ether oxygens (including phenoxy) is 1. The van der Waals surface area contributed by atoms with Crippen molar-refractivity contribution < 1.29 is 14.6 Å². The van der Waals surface area contributed by atoms with Gasteiger partial charge in [-0.05, 0) is 37.4 Å². The fourth-order valence-corrected chi connectivity index (χ4v) is 3.25. The Kier molecular flexibility index (Phi) is 7.24. The third-order valence-electron chi connectivity index (χ3n) is 3.10. The van der Waals surface area contributed by atoms with Gasteiger partial charge in [-0.2, -0.15) is 0 Å². The van der Waals surface area contributed by atoms with E-state index >= 15 is 0 Å². The van der Waals surface area contributed by atoms with Gasteiger partial charge in [-0.3, -0.25) is 9.69 Å². The first-order valence-electron chi connectivity index (χ1n) is 7.21. The van der Waals surface area contributed by atoms with Crippen LogP contribution in [-0.2, 0) is 4.79 Å².